The van der Waals surface area contributed by atoms with Crippen LogP contribution in [0.1, 0.15) is 79.6 Å². The highest BCUT2D eigenvalue weighted by Gasteiger charge is 2.77. The van der Waals surface area contributed by atoms with Crippen molar-refractivity contribution >= 4 is 23.5 Å². The lowest BCUT2D eigenvalue weighted by Crippen LogP contribution is -2.70. The predicted molar refractivity (Wildman–Crippen MR) is 133 cm³/mol. The van der Waals surface area contributed by atoms with E-state index in [9.17, 15) is 24.3 Å². The number of aliphatic hydroxyl groups is 1. The van der Waals surface area contributed by atoms with Gasteiger partial charge in [-0.25, -0.2) is 4.39 Å². The van der Waals surface area contributed by atoms with Gasteiger partial charge in [-0.1, -0.05) is 38.8 Å². The van der Waals surface area contributed by atoms with Crippen LogP contribution in [0.2, 0.25) is 0 Å². The number of aliphatic hydroxyl groups excluding tert-OH is 1. The maximum Gasteiger partial charge on any atom is 0.306 e. The lowest BCUT2D eigenvalue weighted by Gasteiger charge is -2.62. The summed E-state index contributed by atoms with van der Waals surface area (Å²) in [6.07, 6.45) is 5.70. The molecule has 4 aliphatic carbocycles. The van der Waals surface area contributed by atoms with E-state index in [2.05, 4.69) is 0 Å². The van der Waals surface area contributed by atoms with Crippen LogP contribution in [0.4, 0.5) is 4.39 Å². The molecule has 8 heteroatoms. The fourth-order valence-corrected chi connectivity index (χ4v) is 8.22. The molecule has 37 heavy (non-hydrogen) atoms. The van der Waals surface area contributed by atoms with Gasteiger partial charge in [-0.2, -0.15) is 0 Å². The number of halogens is 1. The molecule has 7 nitrogen and oxygen atoms in total. The Morgan fingerprint density at radius 3 is 2.57 bits per heavy atom. The molecule has 0 amide bonds. The molecule has 0 aromatic carbocycles. The van der Waals surface area contributed by atoms with Crippen LogP contribution in [0.5, 0.6) is 0 Å². The minimum atomic E-state index is -2.06. The number of carbonyl (C=O) groups excluding carboxylic acids is 4. The first-order valence-electron chi connectivity index (χ1n) is 13.5. The molecule has 4 aliphatic rings. The number of esters is 2. The number of rotatable bonds is 7. The van der Waals surface area contributed by atoms with Crippen molar-refractivity contribution in [3.8, 4) is 0 Å². The average molecular weight is 519 g/mol. The summed E-state index contributed by atoms with van der Waals surface area (Å²) in [6, 6.07) is 0. The van der Waals surface area contributed by atoms with Gasteiger partial charge in [-0.15, -0.1) is 0 Å². The van der Waals surface area contributed by atoms with Crippen LogP contribution in [-0.4, -0.2) is 52.6 Å². The smallest absolute Gasteiger partial charge is 0.306 e. The Morgan fingerprint density at radius 2 is 1.92 bits per heavy atom. The number of ether oxygens (including phenoxy) is 2. The van der Waals surface area contributed by atoms with E-state index in [1.165, 1.54) is 19.1 Å². The summed E-state index contributed by atoms with van der Waals surface area (Å²) in [4.78, 5) is 50.4. The Kier molecular flexibility index (Phi) is 7.06. The monoisotopic (exact) mass is 518 g/mol. The third-order valence-electron chi connectivity index (χ3n) is 10.0. The summed E-state index contributed by atoms with van der Waals surface area (Å²) >= 11 is 0. The number of Topliss-reactive ketones (excluding diaryl/α,β-unsaturated/α-hetero) is 1. The van der Waals surface area contributed by atoms with Gasteiger partial charge in [0.25, 0.3) is 0 Å². The Hall–Kier alpha value is -2.35. The standard InChI is InChI=1S/C29H39FO7/c1-6-7-8-25(35)37-29(24(34)16-36-18(3)31)17(2)13-22-21-10-9-19-14-20(32)11-12-26(19,4)28(21,30)23(33)15-27(22,29)5/h11-12,14,17,21-23,33H,6-10,13,15-16H2,1-5H3/t17-,21+,22+,23+,26+,27+,28+,29+/m1/s1. The number of hydrogen-bond acceptors (Lipinski definition) is 7. The number of fused-ring (bicyclic) bond motifs is 5. The molecule has 0 aromatic rings. The first-order valence-corrected chi connectivity index (χ1v) is 13.5. The Morgan fingerprint density at radius 1 is 1.22 bits per heavy atom. The lowest BCUT2D eigenvalue weighted by atomic mass is 9.44. The topological polar surface area (TPSA) is 107 Å². The van der Waals surface area contributed by atoms with Gasteiger partial charge >= 0.3 is 11.9 Å². The second-order valence-corrected chi connectivity index (χ2v) is 11.9. The van der Waals surface area contributed by atoms with Gasteiger partial charge < -0.3 is 14.6 Å². The Bertz CT molecular complexity index is 1060. The van der Waals surface area contributed by atoms with Crippen molar-refractivity contribution in [1.29, 1.82) is 0 Å². The molecule has 0 aromatic heterocycles. The summed E-state index contributed by atoms with van der Waals surface area (Å²) in [5.41, 5.74) is -5.26. The van der Waals surface area contributed by atoms with Crippen molar-refractivity contribution < 1.29 is 38.1 Å². The van der Waals surface area contributed by atoms with E-state index < -0.39 is 64.4 Å². The molecule has 3 saturated carbocycles. The number of unbranched alkanes of at least 4 members (excludes halogenated alkanes) is 1. The first-order chi connectivity index (χ1) is 17.3. The van der Waals surface area contributed by atoms with Crippen LogP contribution in [0.15, 0.2) is 23.8 Å². The maximum absolute atomic E-state index is 17.4. The summed E-state index contributed by atoms with van der Waals surface area (Å²) in [5.74, 6) is -3.34. The highest BCUT2D eigenvalue weighted by molar-refractivity contribution is 6.01. The second kappa shape index (κ2) is 9.44. The number of ketones is 2. The predicted octanol–water partition coefficient (Wildman–Crippen LogP) is 4.21. The van der Waals surface area contributed by atoms with E-state index >= 15 is 4.39 Å². The minimum absolute atomic E-state index is 0.105. The van der Waals surface area contributed by atoms with E-state index in [0.717, 1.165) is 6.42 Å². The fraction of sp³-hybridized carbons (Fsp3) is 0.724. The molecule has 1 N–H and O–H groups in total. The normalized spacial score (nSPS) is 42.2. The summed E-state index contributed by atoms with van der Waals surface area (Å²) in [7, 11) is 0. The van der Waals surface area contributed by atoms with E-state index in [1.807, 2.05) is 20.8 Å². The van der Waals surface area contributed by atoms with Crippen molar-refractivity contribution in [3.05, 3.63) is 23.8 Å². The zero-order chi connectivity index (χ0) is 27.4. The fourth-order valence-electron chi connectivity index (χ4n) is 8.22. The molecule has 8 atom stereocenters. The van der Waals surface area contributed by atoms with Crippen LogP contribution in [-0.2, 0) is 28.7 Å². The van der Waals surface area contributed by atoms with Crippen molar-refractivity contribution in [2.24, 2.45) is 28.6 Å². The van der Waals surface area contributed by atoms with Gasteiger partial charge in [0, 0.05) is 36.0 Å². The van der Waals surface area contributed by atoms with E-state index in [-0.39, 0.29) is 24.5 Å². The number of carbonyl (C=O) groups is 4. The molecular formula is C29H39FO7. The van der Waals surface area contributed by atoms with Gasteiger partial charge in [0.2, 0.25) is 5.78 Å². The highest BCUT2D eigenvalue weighted by Crippen LogP contribution is 2.71. The molecule has 0 spiro atoms. The Balaban J connectivity index is 1.79. The molecule has 204 valence electrons. The maximum atomic E-state index is 17.4. The van der Waals surface area contributed by atoms with Gasteiger partial charge in [0.1, 0.15) is 0 Å². The van der Waals surface area contributed by atoms with E-state index in [0.29, 0.717) is 31.3 Å². The number of hydrogen-bond donors (Lipinski definition) is 1. The molecule has 3 fully saturated rings. The summed E-state index contributed by atoms with van der Waals surface area (Å²) < 4.78 is 28.6. The van der Waals surface area contributed by atoms with E-state index in [4.69, 9.17) is 9.47 Å². The third-order valence-corrected chi connectivity index (χ3v) is 10.0. The average Bonchev–Trinajstić information content (AvgIpc) is 3.04. The lowest BCUT2D eigenvalue weighted by molar-refractivity contribution is -0.228. The zero-order valence-corrected chi connectivity index (χ0v) is 22.5. The van der Waals surface area contributed by atoms with Gasteiger partial charge in [-0.3, -0.25) is 19.2 Å². The summed E-state index contributed by atoms with van der Waals surface area (Å²) in [5, 5.41) is 11.6. The van der Waals surface area contributed by atoms with Crippen molar-refractivity contribution in [3.63, 3.8) is 0 Å². The van der Waals surface area contributed by atoms with Crippen LogP contribution < -0.4 is 0 Å². The largest absolute Gasteiger partial charge is 0.458 e. The minimum Gasteiger partial charge on any atom is -0.458 e. The highest BCUT2D eigenvalue weighted by atomic mass is 19.1. The molecule has 0 saturated heterocycles. The molecule has 0 unspecified atom stereocenters. The number of allylic oxidation sites excluding steroid dienone is 4. The van der Waals surface area contributed by atoms with E-state index in [1.54, 1.807) is 13.0 Å². The van der Waals surface area contributed by atoms with Crippen molar-refractivity contribution in [2.45, 2.75) is 96.9 Å². The molecule has 0 bridgehead atoms. The first kappa shape index (κ1) is 27.7. The molecule has 4 rings (SSSR count). The van der Waals surface area contributed by atoms with Gasteiger partial charge in [-0.05, 0) is 57.1 Å². The van der Waals surface area contributed by atoms with Crippen LogP contribution in [0.25, 0.3) is 0 Å². The van der Waals surface area contributed by atoms with Crippen molar-refractivity contribution in [1.82, 2.24) is 0 Å². The molecule has 0 heterocycles. The number of alkyl halides is 1. The van der Waals surface area contributed by atoms with Gasteiger partial charge in [0.15, 0.2) is 23.7 Å². The molecular weight excluding hydrogens is 479 g/mol. The molecule has 0 aliphatic heterocycles. The van der Waals surface area contributed by atoms with Crippen molar-refractivity contribution in [2.75, 3.05) is 6.61 Å². The SMILES string of the molecule is CCCCC(=O)O[C@]1(C(=O)COC(C)=O)[C@H](C)C[C@H]2[C@@H]3CCC4=CC(=O)C=C[C@]4(C)[C@@]3(F)[C@@H](O)C[C@@]21C. The quantitative estimate of drug-likeness (QED) is 0.503. The summed E-state index contributed by atoms with van der Waals surface area (Å²) in [6.45, 7) is 7.97. The van der Waals surface area contributed by atoms with Gasteiger partial charge in [0.05, 0.1) is 6.10 Å². The van der Waals surface area contributed by atoms with Crippen LogP contribution in [0.3, 0.4) is 0 Å². The molecule has 0 radical (unpaired) electrons. The van der Waals surface area contributed by atoms with Crippen LogP contribution in [0, 0.1) is 28.6 Å². The Labute approximate surface area is 217 Å². The zero-order valence-electron chi connectivity index (χ0n) is 22.5. The third kappa shape index (κ3) is 3.84. The second-order valence-electron chi connectivity index (χ2n) is 11.9. The van der Waals surface area contributed by atoms with Crippen LogP contribution >= 0.6 is 0 Å².